The van der Waals surface area contributed by atoms with E-state index in [1.54, 1.807) is 6.07 Å². The molecule has 4 rings (SSSR count). The summed E-state index contributed by atoms with van der Waals surface area (Å²) in [5.41, 5.74) is 2.09. The van der Waals surface area contributed by atoms with Gasteiger partial charge in [-0.25, -0.2) is 9.18 Å². The molecule has 0 aromatic heterocycles. The van der Waals surface area contributed by atoms with E-state index in [4.69, 9.17) is 14.2 Å². The van der Waals surface area contributed by atoms with Gasteiger partial charge in [0, 0.05) is 11.5 Å². The first-order chi connectivity index (χ1) is 13.4. The van der Waals surface area contributed by atoms with Crippen molar-refractivity contribution in [3.8, 4) is 5.75 Å². The third-order valence-electron chi connectivity index (χ3n) is 5.88. The maximum Gasteiger partial charge on any atom is 0.337 e. The summed E-state index contributed by atoms with van der Waals surface area (Å²) < 4.78 is 30.8. The lowest BCUT2D eigenvalue weighted by atomic mass is 9.74. The molecule has 0 spiro atoms. The van der Waals surface area contributed by atoms with E-state index >= 15 is 0 Å². The van der Waals surface area contributed by atoms with Gasteiger partial charge in [-0.1, -0.05) is 12.1 Å². The van der Waals surface area contributed by atoms with Gasteiger partial charge in [0.2, 0.25) is 0 Å². The van der Waals surface area contributed by atoms with Gasteiger partial charge >= 0.3 is 5.97 Å². The molecule has 3 atom stereocenters. The molecule has 0 saturated carbocycles. The van der Waals surface area contributed by atoms with E-state index in [2.05, 4.69) is 13.8 Å². The fourth-order valence-corrected chi connectivity index (χ4v) is 4.39. The third-order valence-corrected chi connectivity index (χ3v) is 5.88. The molecule has 0 radical (unpaired) electrons. The number of methoxy groups -OCH3 is 1. The standard InChI is InChI=1S/C23H25FO4/c1-23(2)19-10-9-17(12-14-4-7-16(24)8-5-14)27-21(19)18-13-15(22(25)26-3)6-11-20(18)28-23/h4-8,11,13,17,19,21H,9-10,12H2,1-3H3/t17-,19+,21-/m1/s1. The first-order valence-corrected chi connectivity index (χ1v) is 9.68. The topological polar surface area (TPSA) is 44.8 Å². The molecule has 0 bridgehead atoms. The largest absolute Gasteiger partial charge is 0.487 e. The quantitative estimate of drug-likeness (QED) is 0.709. The minimum absolute atomic E-state index is 0.0373. The molecule has 4 nitrogen and oxygen atoms in total. The van der Waals surface area contributed by atoms with E-state index in [0.717, 1.165) is 36.1 Å². The van der Waals surface area contributed by atoms with Crippen molar-refractivity contribution in [2.45, 2.75) is 50.9 Å². The van der Waals surface area contributed by atoms with Crippen LogP contribution in [0.2, 0.25) is 0 Å². The average molecular weight is 384 g/mol. The molecule has 28 heavy (non-hydrogen) atoms. The van der Waals surface area contributed by atoms with Crippen molar-refractivity contribution in [3.63, 3.8) is 0 Å². The van der Waals surface area contributed by atoms with Gasteiger partial charge < -0.3 is 14.2 Å². The number of halogens is 1. The Morgan fingerprint density at radius 2 is 1.93 bits per heavy atom. The Labute approximate surface area is 164 Å². The zero-order valence-corrected chi connectivity index (χ0v) is 16.4. The fourth-order valence-electron chi connectivity index (χ4n) is 4.39. The van der Waals surface area contributed by atoms with Crippen molar-refractivity contribution in [1.29, 1.82) is 0 Å². The van der Waals surface area contributed by atoms with Crippen LogP contribution in [0.4, 0.5) is 4.39 Å². The Balaban J connectivity index is 1.62. The van der Waals surface area contributed by atoms with E-state index in [0.29, 0.717) is 5.56 Å². The molecular formula is C23H25FO4. The molecule has 0 N–H and O–H groups in total. The predicted molar refractivity (Wildman–Crippen MR) is 103 cm³/mol. The SMILES string of the molecule is COC(=O)c1ccc2c(c1)[C@H]1O[C@@H](Cc3ccc(F)cc3)CC[C@@H]1C(C)(C)O2. The van der Waals surface area contributed by atoms with Crippen LogP contribution in [-0.4, -0.2) is 24.8 Å². The summed E-state index contributed by atoms with van der Waals surface area (Å²) in [4.78, 5) is 12.0. The van der Waals surface area contributed by atoms with Gasteiger partial charge in [0.25, 0.3) is 0 Å². The van der Waals surface area contributed by atoms with Crippen LogP contribution in [0.1, 0.15) is 54.3 Å². The first-order valence-electron chi connectivity index (χ1n) is 9.68. The number of rotatable bonds is 3. The Kier molecular flexibility index (Phi) is 4.88. The van der Waals surface area contributed by atoms with Crippen LogP contribution in [0.3, 0.4) is 0 Å². The smallest absolute Gasteiger partial charge is 0.337 e. The Morgan fingerprint density at radius 1 is 1.18 bits per heavy atom. The van der Waals surface area contributed by atoms with Crippen LogP contribution in [0.5, 0.6) is 5.75 Å². The van der Waals surface area contributed by atoms with Crippen molar-refractivity contribution < 1.29 is 23.4 Å². The van der Waals surface area contributed by atoms with E-state index in [1.807, 2.05) is 24.3 Å². The van der Waals surface area contributed by atoms with Gasteiger partial charge in [-0.05, 0) is 69.0 Å². The van der Waals surface area contributed by atoms with E-state index < -0.39 is 0 Å². The molecule has 1 saturated heterocycles. The zero-order valence-electron chi connectivity index (χ0n) is 16.4. The maximum absolute atomic E-state index is 13.2. The maximum atomic E-state index is 13.2. The summed E-state index contributed by atoms with van der Waals surface area (Å²) in [6, 6.07) is 12.0. The summed E-state index contributed by atoms with van der Waals surface area (Å²) in [6.07, 6.45) is 2.50. The normalized spacial score (nSPS) is 25.2. The predicted octanol–water partition coefficient (Wildman–Crippen LogP) is 4.86. The average Bonchev–Trinajstić information content (AvgIpc) is 2.68. The number of esters is 1. The van der Waals surface area contributed by atoms with E-state index in [-0.39, 0.29) is 35.5 Å². The van der Waals surface area contributed by atoms with Crippen molar-refractivity contribution in [2.24, 2.45) is 5.92 Å². The highest BCUT2D eigenvalue weighted by Crippen LogP contribution is 2.51. The van der Waals surface area contributed by atoms with Crippen LogP contribution in [0.25, 0.3) is 0 Å². The Bertz CT molecular complexity index is 875. The molecule has 0 unspecified atom stereocenters. The molecular weight excluding hydrogens is 359 g/mol. The molecule has 0 aliphatic carbocycles. The number of hydrogen-bond acceptors (Lipinski definition) is 4. The minimum atomic E-state index is -0.372. The minimum Gasteiger partial charge on any atom is -0.487 e. The number of fused-ring (bicyclic) bond motifs is 3. The molecule has 0 amide bonds. The molecule has 2 aliphatic rings. The molecule has 148 valence electrons. The number of benzene rings is 2. The number of hydrogen-bond donors (Lipinski definition) is 0. The zero-order chi connectivity index (χ0) is 19.9. The fraction of sp³-hybridized carbons (Fsp3) is 0.435. The lowest BCUT2D eigenvalue weighted by Gasteiger charge is -2.48. The van der Waals surface area contributed by atoms with Gasteiger partial charge in [0.15, 0.2) is 0 Å². The molecule has 5 heteroatoms. The second kappa shape index (κ2) is 7.21. The van der Waals surface area contributed by atoms with E-state index in [9.17, 15) is 9.18 Å². The highest BCUT2D eigenvalue weighted by molar-refractivity contribution is 5.89. The molecule has 1 fully saturated rings. The van der Waals surface area contributed by atoms with Gasteiger partial charge in [0.1, 0.15) is 17.2 Å². The van der Waals surface area contributed by atoms with Crippen molar-refractivity contribution in [1.82, 2.24) is 0 Å². The highest BCUT2D eigenvalue weighted by Gasteiger charge is 2.47. The van der Waals surface area contributed by atoms with E-state index in [1.165, 1.54) is 19.2 Å². The van der Waals surface area contributed by atoms with Crippen molar-refractivity contribution >= 4 is 5.97 Å². The van der Waals surface area contributed by atoms with Crippen LogP contribution in [0, 0.1) is 11.7 Å². The molecule has 2 heterocycles. The lowest BCUT2D eigenvalue weighted by molar-refractivity contribution is -0.149. The highest BCUT2D eigenvalue weighted by atomic mass is 19.1. The summed E-state index contributed by atoms with van der Waals surface area (Å²) in [7, 11) is 1.38. The van der Waals surface area contributed by atoms with Gasteiger partial charge in [0.05, 0.1) is 24.9 Å². The van der Waals surface area contributed by atoms with Gasteiger partial charge in [-0.2, -0.15) is 0 Å². The van der Waals surface area contributed by atoms with Crippen LogP contribution in [-0.2, 0) is 15.9 Å². The van der Waals surface area contributed by atoms with Crippen molar-refractivity contribution in [3.05, 3.63) is 65.0 Å². The number of carbonyl (C=O) groups excluding carboxylic acids is 1. The Hall–Kier alpha value is -2.40. The Morgan fingerprint density at radius 3 is 2.64 bits per heavy atom. The van der Waals surface area contributed by atoms with Crippen molar-refractivity contribution in [2.75, 3.05) is 7.11 Å². The number of ether oxygens (including phenoxy) is 3. The summed E-state index contributed by atoms with van der Waals surface area (Å²) in [5.74, 6) is 0.338. The van der Waals surface area contributed by atoms with Gasteiger partial charge in [-0.3, -0.25) is 0 Å². The van der Waals surface area contributed by atoms with Gasteiger partial charge in [-0.15, -0.1) is 0 Å². The molecule has 2 aromatic carbocycles. The van der Waals surface area contributed by atoms with Crippen LogP contribution < -0.4 is 4.74 Å². The second-order valence-corrected chi connectivity index (χ2v) is 8.14. The summed E-state index contributed by atoms with van der Waals surface area (Å²) in [5, 5.41) is 0. The monoisotopic (exact) mass is 384 g/mol. The second-order valence-electron chi connectivity index (χ2n) is 8.14. The molecule has 2 aliphatic heterocycles. The summed E-state index contributed by atoms with van der Waals surface area (Å²) in [6.45, 7) is 4.18. The van der Waals surface area contributed by atoms with Crippen LogP contribution in [0.15, 0.2) is 42.5 Å². The third kappa shape index (κ3) is 3.51. The first kappa shape index (κ1) is 18.9. The number of carbonyl (C=O) groups is 1. The van der Waals surface area contributed by atoms with Crippen LogP contribution >= 0.6 is 0 Å². The molecule has 2 aromatic rings. The lowest BCUT2D eigenvalue weighted by Crippen LogP contribution is -2.48. The summed E-state index contributed by atoms with van der Waals surface area (Å²) >= 11 is 0.